The van der Waals surface area contributed by atoms with Crippen molar-refractivity contribution in [2.45, 2.75) is 6.92 Å². The van der Waals surface area contributed by atoms with E-state index in [1.54, 1.807) is 12.1 Å². The fourth-order valence-corrected chi connectivity index (χ4v) is 2.75. The van der Waals surface area contributed by atoms with Crippen LogP contribution in [0.5, 0.6) is 5.75 Å². The zero-order valence-electron chi connectivity index (χ0n) is 14.7. The number of nitrogens with zero attached hydrogens (tertiary/aromatic N) is 3. The Labute approximate surface area is 146 Å². The average molecular weight is 348 g/mol. The minimum Gasteiger partial charge on any atom is -0.410 e. The smallest absolute Gasteiger partial charge is 0.410 e. The number of amides is 1. The normalized spacial score (nSPS) is 15.3. The Kier molecular flexibility index (Phi) is 5.72. The predicted octanol–water partition coefficient (Wildman–Crippen LogP) is 1.70. The van der Waals surface area contributed by atoms with Gasteiger partial charge in [-0.2, -0.15) is 0 Å². The number of aromatic nitrogens is 1. The molecule has 1 N–H and O–H groups in total. The molecule has 0 radical (unpaired) electrons. The molecule has 1 aromatic heterocycles. The molecule has 8 heteroatoms. The Hall–Kier alpha value is -2.32. The van der Waals surface area contributed by atoms with E-state index in [0.29, 0.717) is 17.9 Å². The van der Waals surface area contributed by atoms with Crippen molar-refractivity contribution in [3.05, 3.63) is 18.2 Å². The maximum Gasteiger partial charge on any atom is 0.412 e. The van der Waals surface area contributed by atoms with Crippen molar-refractivity contribution < 1.29 is 18.8 Å². The van der Waals surface area contributed by atoms with Gasteiger partial charge in [0.05, 0.1) is 18.6 Å². The number of likely N-dealkylation sites (N-methyl/N-ethyl adjacent to an activating group) is 1. The summed E-state index contributed by atoms with van der Waals surface area (Å²) in [6.07, 6.45) is -0.482. The molecule has 1 aliphatic heterocycles. The van der Waals surface area contributed by atoms with Crippen LogP contribution >= 0.6 is 0 Å². The number of nitrogens with one attached hydrogen (secondary N) is 1. The molecule has 136 valence electrons. The lowest BCUT2D eigenvalue weighted by molar-refractivity contribution is 0.0392. The molecule has 1 saturated heterocycles. The molecule has 0 bridgehead atoms. The minimum absolute atomic E-state index is 0.428. The number of fused-ring (bicyclic) bond motifs is 1. The van der Waals surface area contributed by atoms with Gasteiger partial charge in [0.25, 0.3) is 0 Å². The van der Waals surface area contributed by atoms with Gasteiger partial charge in [-0.15, -0.1) is 0 Å². The van der Waals surface area contributed by atoms with Crippen LogP contribution in [0.4, 0.5) is 10.6 Å². The summed E-state index contributed by atoms with van der Waals surface area (Å²) >= 11 is 0. The molecule has 1 fully saturated rings. The summed E-state index contributed by atoms with van der Waals surface area (Å²) in [7, 11) is 2.00. The van der Waals surface area contributed by atoms with Gasteiger partial charge >= 0.3 is 6.09 Å². The van der Waals surface area contributed by atoms with Crippen molar-refractivity contribution in [3.63, 3.8) is 0 Å². The fourth-order valence-electron chi connectivity index (χ4n) is 2.75. The van der Waals surface area contributed by atoms with Gasteiger partial charge in [0.2, 0.25) is 0 Å². The van der Waals surface area contributed by atoms with Gasteiger partial charge in [-0.1, -0.05) is 5.16 Å². The Bertz CT molecular complexity index is 712. The maximum atomic E-state index is 11.5. The monoisotopic (exact) mass is 348 g/mol. The molecule has 1 aromatic carbocycles. The number of hydrogen-bond acceptors (Lipinski definition) is 7. The molecule has 3 rings (SSSR count). The summed E-state index contributed by atoms with van der Waals surface area (Å²) in [6, 6.07) is 5.28. The number of morpholine rings is 1. The van der Waals surface area contributed by atoms with Crippen LogP contribution in [0, 0.1) is 0 Å². The second-order valence-electron chi connectivity index (χ2n) is 5.96. The molecule has 0 aliphatic carbocycles. The van der Waals surface area contributed by atoms with Crippen molar-refractivity contribution in [2.24, 2.45) is 0 Å². The number of ether oxygens (including phenoxy) is 2. The van der Waals surface area contributed by atoms with E-state index in [4.69, 9.17) is 14.0 Å². The van der Waals surface area contributed by atoms with E-state index in [0.717, 1.165) is 50.6 Å². The number of benzene rings is 1. The molecule has 0 unspecified atom stereocenters. The lowest BCUT2D eigenvalue weighted by atomic mass is 10.2. The Morgan fingerprint density at radius 3 is 2.96 bits per heavy atom. The zero-order chi connectivity index (χ0) is 17.6. The van der Waals surface area contributed by atoms with Gasteiger partial charge in [0.1, 0.15) is 5.75 Å². The minimum atomic E-state index is -0.482. The average Bonchev–Trinajstić information content (AvgIpc) is 3.04. The molecular weight excluding hydrogens is 324 g/mol. The number of carbonyl (C=O) groups is 1. The van der Waals surface area contributed by atoms with E-state index in [9.17, 15) is 4.79 Å². The second kappa shape index (κ2) is 8.17. The van der Waals surface area contributed by atoms with Crippen molar-refractivity contribution in [1.82, 2.24) is 15.4 Å². The topological polar surface area (TPSA) is 80.1 Å². The Balaban J connectivity index is 1.64. The summed E-state index contributed by atoms with van der Waals surface area (Å²) in [5.41, 5.74) is 0.593. The van der Waals surface area contributed by atoms with Gasteiger partial charge < -0.3 is 24.2 Å². The third-order valence-electron chi connectivity index (χ3n) is 4.17. The third kappa shape index (κ3) is 4.40. The SMILES string of the molecule is CCNC(=O)Oc1ccc2c(N(C)CCN3CCOCC3)noc2c1. The first kappa shape index (κ1) is 17.5. The predicted molar refractivity (Wildman–Crippen MR) is 94.2 cm³/mol. The molecule has 8 nitrogen and oxygen atoms in total. The fraction of sp³-hybridized carbons (Fsp3) is 0.529. The van der Waals surface area contributed by atoms with Gasteiger partial charge in [-0.05, 0) is 19.1 Å². The van der Waals surface area contributed by atoms with E-state index in [2.05, 4.69) is 20.3 Å². The van der Waals surface area contributed by atoms with Crippen LogP contribution in [0.1, 0.15) is 6.92 Å². The van der Waals surface area contributed by atoms with Crippen LogP contribution in [0.3, 0.4) is 0 Å². The molecule has 2 aromatic rings. The van der Waals surface area contributed by atoms with Crippen LogP contribution in [0.15, 0.2) is 22.7 Å². The lowest BCUT2D eigenvalue weighted by Gasteiger charge is -2.28. The van der Waals surface area contributed by atoms with Crippen LogP contribution < -0.4 is 15.0 Å². The van der Waals surface area contributed by atoms with E-state index in [1.165, 1.54) is 0 Å². The Morgan fingerprint density at radius 1 is 1.40 bits per heavy atom. The molecule has 25 heavy (non-hydrogen) atoms. The molecule has 2 heterocycles. The maximum absolute atomic E-state index is 11.5. The van der Waals surface area contributed by atoms with Crippen molar-refractivity contribution in [1.29, 1.82) is 0 Å². The van der Waals surface area contributed by atoms with Gasteiger partial charge in [0, 0.05) is 45.8 Å². The standard InChI is InChI=1S/C17H24N4O4/c1-3-18-17(22)24-13-4-5-14-15(12-13)25-19-16(14)20(2)6-7-21-8-10-23-11-9-21/h4-5,12H,3,6-11H2,1-2H3,(H,18,22). The highest BCUT2D eigenvalue weighted by atomic mass is 16.6. The third-order valence-corrected chi connectivity index (χ3v) is 4.17. The Morgan fingerprint density at radius 2 is 2.20 bits per heavy atom. The zero-order valence-corrected chi connectivity index (χ0v) is 14.7. The number of anilines is 1. The van der Waals surface area contributed by atoms with Crippen molar-refractivity contribution in [2.75, 3.05) is 57.9 Å². The second-order valence-corrected chi connectivity index (χ2v) is 5.96. The highest BCUT2D eigenvalue weighted by molar-refractivity contribution is 5.89. The summed E-state index contributed by atoms with van der Waals surface area (Å²) < 4.78 is 16.0. The van der Waals surface area contributed by atoms with Crippen molar-refractivity contribution >= 4 is 22.9 Å². The van der Waals surface area contributed by atoms with Crippen LogP contribution in [-0.2, 0) is 4.74 Å². The molecule has 0 saturated carbocycles. The number of carbonyl (C=O) groups excluding carboxylic acids is 1. The van der Waals surface area contributed by atoms with Crippen LogP contribution in [0.25, 0.3) is 11.0 Å². The first-order chi connectivity index (χ1) is 12.2. The van der Waals surface area contributed by atoms with Gasteiger partial charge in [0.15, 0.2) is 11.4 Å². The molecule has 0 atom stereocenters. The van der Waals surface area contributed by atoms with E-state index in [-0.39, 0.29) is 0 Å². The first-order valence-electron chi connectivity index (χ1n) is 8.53. The van der Waals surface area contributed by atoms with Crippen molar-refractivity contribution in [3.8, 4) is 5.75 Å². The lowest BCUT2D eigenvalue weighted by Crippen LogP contribution is -2.40. The number of hydrogen-bond donors (Lipinski definition) is 1. The molecule has 0 spiro atoms. The first-order valence-corrected chi connectivity index (χ1v) is 8.53. The number of rotatable bonds is 6. The molecular formula is C17H24N4O4. The molecule has 1 amide bonds. The van der Waals surface area contributed by atoms with Crippen LogP contribution in [-0.4, -0.2) is 69.1 Å². The van der Waals surface area contributed by atoms with Gasteiger partial charge in [-0.25, -0.2) is 4.79 Å². The van der Waals surface area contributed by atoms with Gasteiger partial charge in [-0.3, -0.25) is 4.90 Å². The summed E-state index contributed by atoms with van der Waals surface area (Å²) in [5, 5.41) is 7.65. The van der Waals surface area contributed by atoms with E-state index < -0.39 is 6.09 Å². The van der Waals surface area contributed by atoms with E-state index >= 15 is 0 Å². The highest BCUT2D eigenvalue weighted by Crippen LogP contribution is 2.28. The summed E-state index contributed by atoms with van der Waals surface area (Å²) in [4.78, 5) is 15.9. The highest BCUT2D eigenvalue weighted by Gasteiger charge is 2.16. The summed E-state index contributed by atoms with van der Waals surface area (Å²) in [6.45, 7) is 7.67. The summed E-state index contributed by atoms with van der Waals surface area (Å²) in [5.74, 6) is 1.21. The largest absolute Gasteiger partial charge is 0.412 e. The van der Waals surface area contributed by atoms with E-state index in [1.807, 2.05) is 20.0 Å². The molecule has 1 aliphatic rings. The van der Waals surface area contributed by atoms with Crippen LogP contribution in [0.2, 0.25) is 0 Å². The quantitative estimate of drug-likeness (QED) is 0.851.